The topological polar surface area (TPSA) is 68.2 Å². The Bertz CT molecular complexity index is 326. The average molecular weight is 224 g/mol. The summed E-state index contributed by atoms with van der Waals surface area (Å²) >= 11 is 0. The van der Waals surface area contributed by atoms with Crippen LogP contribution in [-0.4, -0.2) is 35.2 Å². The molecule has 0 aromatic carbocycles. The number of hydrogen-bond donors (Lipinski definition) is 1. The van der Waals surface area contributed by atoms with Crippen molar-refractivity contribution in [1.82, 2.24) is 15.0 Å². The molecule has 16 heavy (non-hydrogen) atoms. The van der Waals surface area contributed by atoms with E-state index < -0.39 is 0 Å². The monoisotopic (exact) mass is 224 g/mol. The lowest BCUT2D eigenvalue weighted by molar-refractivity contribution is 0.150. The number of likely N-dealkylation sites (tertiary alicyclic amines) is 1. The number of nitrogens with two attached hydrogens (primary N) is 1. The normalized spacial score (nSPS) is 22.5. The smallest absolute Gasteiger partial charge is 0.243 e. The molecule has 0 saturated carbocycles. The fourth-order valence-corrected chi connectivity index (χ4v) is 2.15. The summed E-state index contributed by atoms with van der Waals surface area (Å²) in [6.07, 6.45) is 5.36. The van der Waals surface area contributed by atoms with Crippen LogP contribution in [0.5, 0.6) is 0 Å². The second-order valence-corrected chi connectivity index (χ2v) is 4.43. The summed E-state index contributed by atoms with van der Waals surface area (Å²) in [4.78, 5) is 6.74. The molecule has 0 bridgehead atoms. The minimum atomic E-state index is 0.313. The van der Waals surface area contributed by atoms with Crippen LogP contribution in [0.15, 0.2) is 4.52 Å². The highest BCUT2D eigenvalue weighted by Crippen LogP contribution is 2.28. The molecule has 0 unspecified atom stereocenters. The van der Waals surface area contributed by atoms with E-state index >= 15 is 0 Å². The van der Waals surface area contributed by atoms with Gasteiger partial charge in [-0.2, -0.15) is 4.98 Å². The highest BCUT2D eigenvalue weighted by molar-refractivity contribution is 4.95. The summed E-state index contributed by atoms with van der Waals surface area (Å²) < 4.78 is 5.33. The van der Waals surface area contributed by atoms with Crippen LogP contribution in [0.4, 0.5) is 0 Å². The first kappa shape index (κ1) is 11.5. The molecule has 1 saturated heterocycles. The molecule has 0 amide bonds. The van der Waals surface area contributed by atoms with Gasteiger partial charge in [-0.1, -0.05) is 11.6 Å². The maximum Gasteiger partial charge on any atom is 0.243 e. The lowest BCUT2D eigenvalue weighted by atomic mass is 10.0. The third-order valence-electron chi connectivity index (χ3n) is 3.14. The summed E-state index contributed by atoms with van der Waals surface area (Å²) in [5.41, 5.74) is 5.45. The first-order chi connectivity index (χ1) is 7.81. The number of aryl methyl sites for hydroxylation is 1. The van der Waals surface area contributed by atoms with Crippen molar-refractivity contribution in [3.05, 3.63) is 11.7 Å². The standard InChI is InChI=1S/C11H20N4O/c1-15-8-3-2-5-9(15)11-13-10(14-16-11)6-4-7-12/h9H,2-8,12H2,1H3/t9-/m1/s1. The van der Waals surface area contributed by atoms with E-state index in [1.807, 2.05) is 0 Å². The van der Waals surface area contributed by atoms with Gasteiger partial charge in [0.15, 0.2) is 5.82 Å². The molecule has 90 valence electrons. The number of hydrogen-bond acceptors (Lipinski definition) is 5. The van der Waals surface area contributed by atoms with Gasteiger partial charge in [0.1, 0.15) is 0 Å². The fourth-order valence-electron chi connectivity index (χ4n) is 2.15. The minimum absolute atomic E-state index is 0.313. The van der Waals surface area contributed by atoms with Crippen LogP contribution in [0, 0.1) is 0 Å². The molecule has 0 radical (unpaired) electrons. The van der Waals surface area contributed by atoms with E-state index in [9.17, 15) is 0 Å². The summed E-state index contributed by atoms with van der Waals surface area (Å²) in [5.74, 6) is 1.56. The van der Waals surface area contributed by atoms with Crippen molar-refractivity contribution < 1.29 is 4.52 Å². The summed E-state index contributed by atoms with van der Waals surface area (Å²) in [6, 6.07) is 0.313. The van der Waals surface area contributed by atoms with E-state index in [0.717, 1.165) is 37.5 Å². The zero-order valence-corrected chi connectivity index (χ0v) is 9.85. The van der Waals surface area contributed by atoms with Crippen molar-refractivity contribution in [2.75, 3.05) is 20.1 Å². The highest BCUT2D eigenvalue weighted by atomic mass is 16.5. The third-order valence-corrected chi connectivity index (χ3v) is 3.14. The lowest BCUT2D eigenvalue weighted by Gasteiger charge is -2.29. The van der Waals surface area contributed by atoms with E-state index in [4.69, 9.17) is 10.3 Å². The van der Waals surface area contributed by atoms with Gasteiger partial charge in [0.25, 0.3) is 0 Å². The van der Waals surface area contributed by atoms with Gasteiger partial charge < -0.3 is 10.3 Å². The van der Waals surface area contributed by atoms with Gasteiger partial charge in [-0.3, -0.25) is 4.90 Å². The van der Waals surface area contributed by atoms with Crippen LogP contribution < -0.4 is 5.73 Å². The second kappa shape index (κ2) is 5.41. The van der Waals surface area contributed by atoms with Crippen LogP contribution in [0.2, 0.25) is 0 Å². The molecule has 1 fully saturated rings. The van der Waals surface area contributed by atoms with E-state index in [0.29, 0.717) is 12.6 Å². The number of rotatable bonds is 4. The Balaban J connectivity index is 1.99. The summed E-state index contributed by atoms with van der Waals surface area (Å²) in [6.45, 7) is 1.79. The number of aromatic nitrogens is 2. The van der Waals surface area contributed by atoms with Crippen LogP contribution in [-0.2, 0) is 6.42 Å². The summed E-state index contributed by atoms with van der Waals surface area (Å²) in [5, 5.41) is 4.00. The Morgan fingerprint density at radius 3 is 3.12 bits per heavy atom. The maximum atomic E-state index is 5.45. The molecule has 5 nitrogen and oxygen atoms in total. The lowest BCUT2D eigenvalue weighted by Crippen LogP contribution is -2.29. The van der Waals surface area contributed by atoms with Crippen molar-refractivity contribution in [2.24, 2.45) is 5.73 Å². The van der Waals surface area contributed by atoms with Gasteiger partial charge >= 0.3 is 0 Å². The molecular formula is C11H20N4O. The first-order valence-electron chi connectivity index (χ1n) is 6.04. The molecule has 2 rings (SSSR count). The zero-order chi connectivity index (χ0) is 11.4. The predicted octanol–water partition coefficient (Wildman–Crippen LogP) is 1.12. The van der Waals surface area contributed by atoms with E-state index in [2.05, 4.69) is 22.1 Å². The van der Waals surface area contributed by atoms with E-state index in [1.54, 1.807) is 0 Å². The van der Waals surface area contributed by atoms with Gasteiger partial charge in [-0.25, -0.2) is 0 Å². The maximum absolute atomic E-state index is 5.45. The van der Waals surface area contributed by atoms with Gasteiger partial charge in [-0.05, 0) is 39.4 Å². The number of piperidine rings is 1. The molecule has 1 aliphatic heterocycles. The average Bonchev–Trinajstić information content (AvgIpc) is 2.75. The van der Waals surface area contributed by atoms with Crippen LogP contribution in [0.1, 0.15) is 43.4 Å². The van der Waals surface area contributed by atoms with E-state index in [-0.39, 0.29) is 0 Å². The molecule has 1 atom stereocenters. The predicted molar refractivity (Wildman–Crippen MR) is 60.9 cm³/mol. The minimum Gasteiger partial charge on any atom is -0.338 e. The van der Waals surface area contributed by atoms with Gasteiger partial charge in [0.2, 0.25) is 5.89 Å². The van der Waals surface area contributed by atoms with Gasteiger partial charge in [0.05, 0.1) is 6.04 Å². The molecule has 2 N–H and O–H groups in total. The quantitative estimate of drug-likeness (QED) is 0.830. The molecule has 1 aromatic heterocycles. The van der Waals surface area contributed by atoms with Crippen molar-refractivity contribution in [1.29, 1.82) is 0 Å². The Hall–Kier alpha value is -0.940. The van der Waals surface area contributed by atoms with Crippen LogP contribution >= 0.6 is 0 Å². The van der Waals surface area contributed by atoms with E-state index in [1.165, 1.54) is 12.8 Å². The molecule has 2 heterocycles. The van der Waals surface area contributed by atoms with Crippen molar-refractivity contribution in [3.63, 3.8) is 0 Å². The number of nitrogens with zero attached hydrogens (tertiary/aromatic N) is 3. The van der Waals surface area contributed by atoms with Crippen molar-refractivity contribution in [2.45, 2.75) is 38.1 Å². The highest BCUT2D eigenvalue weighted by Gasteiger charge is 2.25. The van der Waals surface area contributed by atoms with Gasteiger partial charge in [-0.15, -0.1) is 0 Å². The Labute approximate surface area is 96.0 Å². The molecule has 0 aliphatic carbocycles. The second-order valence-electron chi connectivity index (χ2n) is 4.43. The molecular weight excluding hydrogens is 204 g/mol. The summed E-state index contributed by atoms with van der Waals surface area (Å²) in [7, 11) is 2.12. The molecule has 0 spiro atoms. The van der Waals surface area contributed by atoms with Crippen molar-refractivity contribution in [3.8, 4) is 0 Å². The Morgan fingerprint density at radius 2 is 2.38 bits per heavy atom. The Morgan fingerprint density at radius 1 is 1.50 bits per heavy atom. The zero-order valence-electron chi connectivity index (χ0n) is 9.85. The largest absolute Gasteiger partial charge is 0.338 e. The molecule has 5 heteroatoms. The molecule has 1 aliphatic rings. The molecule has 1 aromatic rings. The van der Waals surface area contributed by atoms with Gasteiger partial charge in [0, 0.05) is 6.42 Å². The SMILES string of the molecule is CN1CCCC[C@@H]1c1nc(CCCN)no1. The Kier molecular flexibility index (Phi) is 3.90. The first-order valence-corrected chi connectivity index (χ1v) is 6.04. The fraction of sp³-hybridized carbons (Fsp3) is 0.818. The van der Waals surface area contributed by atoms with Crippen LogP contribution in [0.25, 0.3) is 0 Å². The van der Waals surface area contributed by atoms with Crippen LogP contribution in [0.3, 0.4) is 0 Å². The van der Waals surface area contributed by atoms with Crippen molar-refractivity contribution >= 4 is 0 Å². The third kappa shape index (κ3) is 2.59.